The summed E-state index contributed by atoms with van der Waals surface area (Å²) in [5.41, 5.74) is 0.780. The number of carboxylic acid groups (broad SMARTS) is 1. The van der Waals surface area contributed by atoms with Crippen molar-refractivity contribution in [2.24, 2.45) is 5.92 Å². The molecule has 9 heteroatoms. The van der Waals surface area contributed by atoms with Gasteiger partial charge in [0.15, 0.2) is 0 Å². The summed E-state index contributed by atoms with van der Waals surface area (Å²) in [4.78, 5) is 47.9. The number of benzene rings is 1. The molecule has 0 saturated carbocycles. The minimum Gasteiger partial charge on any atom is -0.480 e. The smallest absolute Gasteiger partial charge is 0.326 e. The lowest BCUT2D eigenvalue weighted by molar-refractivity contribution is -0.142. The number of rotatable bonds is 14. The van der Waals surface area contributed by atoms with E-state index < -0.39 is 35.9 Å². The molecule has 1 aromatic carbocycles. The summed E-state index contributed by atoms with van der Waals surface area (Å²) < 4.78 is 0. The molecule has 0 aromatic heterocycles. The van der Waals surface area contributed by atoms with Gasteiger partial charge in [0.05, 0.1) is 0 Å². The molecule has 1 aromatic rings. The molecule has 30 heavy (non-hydrogen) atoms. The molecular weight excluding hydrogens is 406 g/mol. The van der Waals surface area contributed by atoms with Crippen molar-refractivity contribution >= 4 is 36.0 Å². The highest BCUT2D eigenvalue weighted by molar-refractivity contribution is 7.98. The van der Waals surface area contributed by atoms with Crippen LogP contribution in [-0.4, -0.2) is 59.4 Å². The minimum atomic E-state index is -1.15. The standard InChI is InChI=1S/C21H31N3O5S/c1-14(2)11-17(23-19(26)16(22-13-25)9-10-30-3)20(27)24-18(21(28)29)12-15-7-5-4-6-8-15/h4-8,13-14,16-18H,9-12H2,1-3H3,(H,22,25)(H,23,26)(H,24,27)(H,28,29)/t16-,17?,18?/m0/s1. The van der Waals surface area contributed by atoms with Crippen molar-refractivity contribution in [2.45, 2.75) is 51.2 Å². The Morgan fingerprint density at radius 3 is 2.17 bits per heavy atom. The van der Waals surface area contributed by atoms with Crippen LogP contribution >= 0.6 is 11.8 Å². The molecule has 8 nitrogen and oxygen atoms in total. The summed E-state index contributed by atoms with van der Waals surface area (Å²) in [7, 11) is 0. The highest BCUT2D eigenvalue weighted by Crippen LogP contribution is 2.09. The number of aliphatic carboxylic acids is 1. The van der Waals surface area contributed by atoms with E-state index in [0.717, 1.165) is 5.56 Å². The molecule has 0 fully saturated rings. The first-order valence-corrected chi connectivity index (χ1v) is 11.2. The van der Waals surface area contributed by atoms with Gasteiger partial charge >= 0.3 is 5.97 Å². The van der Waals surface area contributed by atoms with Gasteiger partial charge in [-0.15, -0.1) is 0 Å². The second-order valence-corrected chi connectivity index (χ2v) is 8.38. The number of nitrogens with one attached hydrogen (secondary N) is 3. The van der Waals surface area contributed by atoms with Gasteiger partial charge in [0.1, 0.15) is 18.1 Å². The molecule has 0 aliphatic carbocycles. The Hall–Kier alpha value is -2.55. The summed E-state index contributed by atoms with van der Waals surface area (Å²) in [6, 6.07) is 6.23. The summed E-state index contributed by atoms with van der Waals surface area (Å²) in [5, 5.41) is 17.2. The Bertz CT molecular complexity index is 699. The monoisotopic (exact) mass is 437 g/mol. The minimum absolute atomic E-state index is 0.0853. The lowest BCUT2D eigenvalue weighted by Crippen LogP contribution is -2.55. The fraction of sp³-hybridized carbons (Fsp3) is 0.524. The van der Waals surface area contributed by atoms with Gasteiger partial charge in [0, 0.05) is 6.42 Å². The normalized spacial score (nSPS) is 13.7. The van der Waals surface area contributed by atoms with E-state index in [2.05, 4.69) is 16.0 Å². The van der Waals surface area contributed by atoms with Crippen molar-refractivity contribution in [1.29, 1.82) is 0 Å². The zero-order valence-electron chi connectivity index (χ0n) is 17.6. The van der Waals surface area contributed by atoms with E-state index in [1.165, 1.54) is 0 Å². The van der Waals surface area contributed by atoms with E-state index in [4.69, 9.17) is 0 Å². The van der Waals surface area contributed by atoms with Crippen molar-refractivity contribution < 1.29 is 24.3 Å². The number of amides is 3. The molecule has 166 valence electrons. The quantitative estimate of drug-likeness (QED) is 0.324. The molecule has 2 unspecified atom stereocenters. The lowest BCUT2D eigenvalue weighted by atomic mass is 10.0. The predicted octanol–water partition coefficient (Wildman–Crippen LogP) is 1.20. The van der Waals surface area contributed by atoms with Crippen molar-refractivity contribution in [1.82, 2.24) is 16.0 Å². The molecular formula is C21H31N3O5S. The Labute approximate surface area is 181 Å². The number of thioether (sulfide) groups is 1. The molecule has 0 radical (unpaired) electrons. The van der Waals surface area contributed by atoms with E-state index in [1.807, 2.05) is 26.2 Å². The van der Waals surface area contributed by atoms with Crippen molar-refractivity contribution in [3.05, 3.63) is 35.9 Å². The Kier molecular flexibility index (Phi) is 11.6. The number of carbonyl (C=O) groups excluding carboxylic acids is 3. The van der Waals surface area contributed by atoms with Crippen LogP contribution in [0, 0.1) is 5.92 Å². The maximum atomic E-state index is 12.8. The second kappa shape index (κ2) is 13.6. The highest BCUT2D eigenvalue weighted by Gasteiger charge is 2.29. The van der Waals surface area contributed by atoms with E-state index in [0.29, 0.717) is 25.0 Å². The van der Waals surface area contributed by atoms with Gasteiger partial charge in [0.2, 0.25) is 18.2 Å². The maximum Gasteiger partial charge on any atom is 0.326 e. The topological polar surface area (TPSA) is 125 Å². The van der Waals surface area contributed by atoms with Gasteiger partial charge in [-0.25, -0.2) is 4.79 Å². The number of hydrogen-bond donors (Lipinski definition) is 4. The van der Waals surface area contributed by atoms with Gasteiger partial charge in [-0.05, 0) is 36.3 Å². The Morgan fingerprint density at radius 2 is 1.63 bits per heavy atom. The zero-order valence-corrected chi connectivity index (χ0v) is 18.4. The average Bonchev–Trinajstić information content (AvgIpc) is 2.70. The van der Waals surface area contributed by atoms with Gasteiger partial charge < -0.3 is 21.1 Å². The van der Waals surface area contributed by atoms with Crippen molar-refractivity contribution in [2.75, 3.05) is 12.0 Å². The molecule has 0 heterocycles. The molecule has 1 rings (SSSR count). The van der Waals surface area contributed by atoms with E-state index in [9.17, 15) is 24.3 Å². The third kappa shape index (κ3) is 9.30. The van der Waals surface area contributed by atoms with Gasteiger partial charge in [-0.2, -0.15) is 11.8 Å². The van der Waals surface area contributed by atoms with Crippen LogP contribution in [0.4, 0.5) is 0 Å². The number of carbonyl (C=O) groups is 4. The van der Waals surface area contributed by atoms with Crippen molar-refractivity contribution in [3.63, 3.8) is 0 Å². The van der Waals surface area contributed by atoms with Crippen LogP contribution < -0.4 is 16.0 Å². The SMILES string of the molecule is CSCC[C@H](NC=O)C(=O)NC(CC(C)C)C(=O)NC(Cc1ccccc1)C(=O)O. The fourth-order valence-corrected chi connectivity index (χ4v) is 3.38. The second-order valence-electron chi connectivity index (χ2n) is 7.40. The lowest BCUT2D eigenvalue weighted by Gasteiger charge is -2.25. The fourth-order valence-electron chi connectivity index (χ4n) is 2.91. The van der Waals surface area contributed by atoms with E-state index in [1.54, 1.807) is 36.0 Å². The van der Waals surface area contributed by atoms with Crippen LogP contribution in [0.3, 0.4) is 0 Å². The summed E-state index contributed by atoms with van der Waals surface area (Å²) >= 11 is 1.54. The van der Waals surface area contributed by atoms with Crippen LogP contribution in [0.15, 0.2) is 30.3 Å². The molecule has 0 bridgehead atoms. The first kappa shape index (κ1) is 25.5. The average molecular weight is 438 g/mol. The molecule has 0 aliphatic heterocycles. The summed E-state index contributed by atoms with van der Waals surface area (Å²) in [6.45, 7) is 3.81. The third-order valence-electron chi connectivity index (χ3n) is 4.43. The molecule has 3 atom stereocenters. The van der Waals surface area contributed by atoms with Crippen LogP contribution in [0.5, 0.6) is 0 Å². The van der Waals surface area contributed by atoms with Gasteiger partial charge in [0.25, 0.3) is 0 Å². The Morgan fingerprint density at radius 1 is 1.03 bits per heavy atom. The summed E-state index contributed by atoms with van der Waals surface area (Å²) in [5.74, 6) is -1.43. The third-order valence-corrected chi connectivity index (χ3v) is 5.08. The highest BCUT2D eigenvalue weighted by atomic mass is 32.2. The molecule has 0 spiro atoms. The van der Waals surface area contributed by atoms with Crippen LogP contribution in [0.25, 0.3) is 0 Å². The largest absolute Gasteiger partial charge is 0.480 e. The maximum absolute atomic E-state index is 12.8. The predicted molar refractivity (Wildman–Crippen MR) is 117 cm³/mol. The van der Waals surface area contributed by atoms with Gasteiger partial charge in [-0.1, -0.05) is 44.2 Å². The van der Waals surface area contributed by atoms with Crippen molar-refractivity contribution in [3.8, 4) is 0 Å². The zero-order chi connectivity index (χ0) is 22.5. The number of hydrogen-bond acceptors (Lipinski definition) is 5. The first-order valence-electron chi connectivity index (χ1n) is 9.84. The first-order chi connectivity index (χ1) is 14.3. The van der Waals surface area contributed by atoms with Crippen LogP contribution in [-0.2, 0) is 25.6 Å². The van der Waals surface area contributed by atoms with E-state index in [-0.39, 0.29) is 12.3 Å². The molecule has 4 N–H and O–H groups in total. The van der Waals surface area contributed by atoms with Crippen LogP contribution in [0.2, 0.25) is 0 Å². The molecule has 0 saturated heterocycles. The molecule has 3 amide bonds. The van der Waals surface area contributed by atoms with E-state index >= 15 is 0 Å². The summed E-state index contributed by atoms with van der Waals surface area (Å²) in [6.07, 6.45) is 3.25. The Balaban J connectivity index is 2.88. The molecule has 0 aliphatic rings. The van der Waals surface area contributed by atoms with Gasteiger partial charge in [-0.3, -0.25) is 14.4 Å². The number of carboxylic acids is 1. The van der Waals surface area contributed by atoms with Crippen LogP contribution in [0.1, 0.15) is 32.3 Å².